The lowest BCUT2D eigenvalue weighted by molar-refractivity contribution is -0.115. The van der Waals surface area contributed by atoms with E-state index in [-0.39, 0.29) is 18.2 Å². The summed E-state index contributed by atoms with van der Waals surface area (Å²) in [7, 11) is 4.71. The summed E-state index contributed by atoms with van der Waals surface area (Å²) >= 11 is 0. The quantitative estimate of drug-likeness (QED) is 0.846. The van der Waals surface area contributed by atoms with Crippen molar-refractivity contribution in [2.45, 2.75) is 13.3 Å². The summed E-state index contributed by atoms with van der Waals surface area (Å²) in [6.07, 6.45) is 0.170. The summed E-state index contributed by atoms with van der Waals surface area (Å²) in [6, 6.07) is 10.5. The number of ether oxygens (including phenoxy) is 2. The smallest absolute Gasteiger partial charge is 0.251 e. The van der Waals surface area contributed by atoms with Crippen molar-refractivity contribution in [3.8, 4) is 11.5 Å². The van der Waals surface area contributed by atoms with Crippen LogP contribution in [-0.2, 0) is 11.2 Å². The van der Waals surface area contributed by atoms with Gasteiger partial charge in [0.2, 0.25) is 5.91 Å². The molecule has 0 radical (unpaired) electrons. The highest BCUT2D eigenvalue weighted by Gasteiger charge is 2.12. The number of carbonyl (C=O) groups excluding carboxylic acids is 2. The van der Waals surface area contributed by atoms with E-state index in [0.29, 0.717) is 22.7 Å². The molecule has 2 amide bonds. The monoisotopic (exact) mass is 342 g/mol. The Kier molecular flexibility index (Phi) is 6.00. The zero-order valence-electron chi connectivity index (χ0n) is 14.8. The molecule has 25 heavy (non-hydrogen) atoms. The van der Waals surface area contributed by atoms with E-state index in [4.69, 9.17) is 9.47 Å². The van der Waals surface area contributed by atoms with Gasteiger partial charge in [0.25, 0.3) is 5.91 Å². The zero-order chi connectivity index (χ0) is 18.4. The topological polar surface area (TPSA) is 76.7 Å². The second-order valence-corrected chi connectivity index (χ2v) is 5.51. The van der Waals surface area contributed by atoms with E-state index < -0.39 is 0 Å². The van der Waals surface area contributed by atoms with Gasteiger partial charge in [0, 0.05) is 29.9 Å². The number of methoxy groups -OCH3 is 2. The molecule has 6 nitrogen and oxygen atoms in total. The molecule has 0 bridgehead atoms. The van der Waals surface area contributed by atoms with Gasteiger partial charge in [0.05, 0.1) is 20.6 Å². The molecule has 2 rings (SSSR count). The summed E-state index contributed by atoms with van der Waals surface area (Å²) in [5, 5.41) is 5.44. The first-order valence-electron chi connectivity index (χ1n) is 7.82. The summed E-state index contributed by atoms with van der Waals surface area (Å²) in [5.41, 5.74) is 2.80. The molecule has 2 aromatic rings. The minimum atomic E-state index is -0.167. The Morgan fingerprint density at radius 3 is 2.40 bits per heavy atom. The number of anilines is 1. The van der Waals surface area contributed by atoms with Gasteiger partial charge in [-0.1, -0.05) is 6.07 Å². The second kappa shape index (κ2) is 8.19. The molecule has 0 saturated heterocycles. The van der Waals surface area contributed by atoms with Gasteiger partial charge < -0.3 is 20.1 Å². The van der Waals surface area contributed by atoms with Crippen LogP contribution in [0.25, 0.3) is 0 Å². The van der Waals surface area contributed by atoms with Crippen molar-refractivity contribution >= 4 is 17.5 Å². The van der Waals surface area contributed by atoms with Crippen LogP contribution in [0.1, 0.15) is 21.5 Å². The third kappa shape index (κ3) is 4.50. The number of aryl methyl sites for hydroxylation is 1. The van der Waals surface area contributed by atoms with E-state index in [9.17, 15) is 9.59 Å². The molecule has 0 aliphatic heterocycles. The molecule has 0 spiro atoms. The third-order valence-electron chi connectivity index (χ3n) is 3.83. The van der Waals surface area contributed by atoms with Gasteiger partial charge >= 0.3 is 0 Å². The third-order valence-corrected chi connectivity index (χ3v) is 3.83. The summed E-state index contributed by atoms with van der Waals surface area (Å²) in [4.78, 5) is 24.0. The van der Waals surface area contributed by atoms with Gasteiger partial charge in [-0.05, 0) is 36.8 Å². The average Bonchev–Trinajstić information content (AvgIpc) is 2.62. The van der Waals surface area contributed by atoms with Crippen LogP contribution < -0.4 is 20.1 Å². The molecule has 0 aliphatic rings. The molecular formula is C19H22N2O4. The molecule has 0 heterocycles. The molecule has 0 unspecified atom stereocenters. The van der Waals surface area contributed by atoms with Crippen molar-refractivity contribution < 1.29 is 19.1 Å². The van der Waals surface area contributed by atoms with Crippen molar-refractivity contribution in [2.24, 2.45) is 0 Å². The van der Waals surface area contributed by atoms with Crippen molar-refractivity contribution in [3.05, 3.63) is 53.1 Å². The predicted octanol–water partition coefficient (Wildman–Crippen LogP) is 2.55. The fourth-order valence-corrected chi connectivity index (χ4v) is 2.45. The van der Waals surface area contributed by atoms with Gasteiger partial charge in [-0.3, -0.25) is 9.59 Å². The molecule has 2 aromatic carbocycles. The first kappa shape index (κ1) is 18.3. The first-order chi connectivity index (χ1) is 12.0. The lowest BCUT2D eigenvalue weighted by Crippen LogP contribution is -2.19. The normalized spacial score (nSPS) is 10.1. The van der Waals surface area contributed by atoms with E-state index in [0.717, 1.165) is 11.1 Å². The van der Waals surface area contributed by atoms with Gasteiger partial charge in [-0.2, -0.15) is 0 Å². The first-order valence-corrected chi connectivity index (χ1v) is 7.82. The van der Waals surface area contributed by atoms with E-state index in [1.54, 1.807) is 57.7 Å². The van der Waals surface area contributed by atoms with Gasteiger partial charge in [-0.15, -0.1) is 0 Å². The molecule has 2 N–H and O–H groups in total. The maximum Gasteiger partial charge on any atom is 0.251 e. The average molecular weight is 342 g/mol. The number of rotatable bonds is 6. The number of nitrogens with one attached hydrogen (secondary N) is 2. The van der Waals surface area contributed by atoms with Gasteiger partial charge in [0.1, 0.15) is 11.5 Å². The Morgan fingerprint density at radius 2 is 1.80 bits per heavy atom. The molecule has 6 heteroatoms. The molecule has 0 fully saturated rings. The zero-order valence-corrected chi connectivity index (χ0v) is 14.8. The van der Waals surface area contributed by atoms with Crippen LogP contribution in [0, 0.1) is 6.92 Å². The summed E-state index contributed by atoms with van der Waals surface area (Å²) in [6.45, 7) is 1.84. The Hall–Kier alpha value is -3.02. The van der Waals surface area contributed by atoms with Crippen LogP contribution in [0.4, 0.5) is 5.69 Å². The minimum Gasteiger partial charge on any atom is -0.497 e. The summed E-state index contributed by atoms with van der Waals surface area (Å²) < 4.78 is 10.5. The SMILES string of the molecule is CNC(=O)c1ccc(NC(=O)Cc2ccc(OC)cc2OC)c(C)c1. The summed E-state index contributed by atoms with van der Waals surface area (Å²) in [5.74, 6) is 0.936. The van der Waals surface area contributed by atoms with Crippen LogP contribution in [0.5, 0.6) is 11.5 Å². The highest BCUT2D eigenvalue weighted by Crippen LogP contribution is 2.25. The van der Waals surface area contributed by atoms with E-state index >= 15 is 0 Å². The highest BCUT2D eigenvalue weighted by molar-refractivity contribution is 5.97. The molecule has 0 atom stereocenters. The molecule has 0 aromatic heterocycles. The maximum absolute atomic E-state index is 12.4. The lowest BCUT2D eigenvalue weighted by Gasteiger charge is -2.12. The van der Waals surface area contributed by atoms with Crippen molar-refractivity contribution in [1.82, 2.24) is 5.32 Å². The number of amides is 2. The predicted molar refractivity (Wildman–Crippen MR) is 96.4 cm³/mol. The van der Waals surface area contributed by atoms with Crippen LogP contribution in [-0.4, -0.2) is 33.1 Å². The number of benzene rings is 2. The Labute approximate surface area is 147 Å². The van der Waals surface area contributed by atoms with Crippen molar-refractivity contribution in [2.75, 3.05) is 26.6 Å². The number of hydrogen-bond donors (Lipinski definition) is 2. The standard InChI is InChI=1S/C19H22N2O4/c1-12-9-14(19(23)20-2)6-8-16(12)21-18(22)10-13-5-7-15(24-3)11-17(13)25-4/h5-9,11H,10H2,1-4H3,(H,20,23)(H,21,22). The Morgan fingerprint density at radius 1 is 1.04 bits per heavy atom. The van der Waals surface area contributed by atoms with E-state index in [2.05, 4.69) is 10.6 Å². The minimum absolute atomic E-state index is 0.163. The largest absolute Gasteiger partial charge is 0.497 e. The van der Waals surface area contributed by atoms with E-state index in [1.165, 1.54) is 0 Å². The van der Waals surface area contributed by atoms with E-state index in [1.807, 2.05) is 6.92 Å². The molecular weight excluding hydrogens is 320 g/mol. The Balaban J connectivity index is 2.11. The fourth-order valence-electron chi connectivity index (χ4n) is 2.45. The van der Waals surface area contributed by atoms with Gasteiger partial charge in [-0.25, -0.2) is 0 Å². The maximum atomic E-state index is 12.4. The van der Waals surface area contributed by atoms with Crippen molar-refractivity contribution in [3.63, 3.8) is 0 Å². The van der Waals surface area contributed by atoms with Crippen LogP contribution in [0.3, 0.4) is 0 Å². The highest BCUT2D eigenvalue weighted by atomic mass is 16.5. The number of hydrogen-bond acceptors (Lipinski definition) is 4. The van der Waals surface area contributed by atoms with Crippen LogP contribution in [0.15, 0.2) is 36.4 Å². The molecule has 0 aliphatic carbocycles. The van der Waals surface area contributed by atoms with Crippen molar-refractivity contribution in [1.29, 1.82) is 0 Å². The Bertz CT molecular complexity index is 787. The lowest BCUT2D eigenvalue weighted by atomic mass is 10.1. The number of carbonyl (C=O) groups is 2. The van der Waals surface area contributed by atoms with Gasteiger partial charge in [0.15, 0.2) is 0 Å². The molecule has 132 valence electrons. The van der Waals surface area contributed by atoms with Crippen LogP contribution in [0.2, 0.25) is 0 Å². The second-order valence-electron chi connectivity index (χ2n) is 5.51. The molecule has 0 saturated carbocycles. The van der Waals surface area contributed by atoms with Crippen LogP contribution >= 0.6 is 0 Å². The fraction of sp³-hybridized carbons (Fsp3) is 0.263.